The van der Waals surface area contributed by atoms with Crippen molar-refractivity contribution in [3.8, 4) is 34.3 Å². The maximum absolute atomic E-state index is 12.9. The molecule has 4 aliphatic rings. The van der Waals surface area contributed by atoms with Crippen LogP contribution in [-0.2, 0) is 4.79 Å². The molecule has 2 aromatic carbocycles. The molecule has 4 aliphatic carbocycles. The fourth-order valence-electron chi connectivity index (χ4n) is 6.95. The van der Waals surface area contributed by atoms with Crippen molar-refractivity contribution in [2.45, 2.75) is 51.0 Å². The Kier molecular flexibility index (Phi) is 5.47. The molecule has 0 aliphatic heterocycles. The fraction of sp³-hybridized carbons (Fsp3) is 0.448. The van der Waals surface area contributed by atoms with E-state index >= 15 is 0 Å². The van der Waals surface area contributed by atoms with Crippen molar-refractivity contribution < 1.29 is 28.5 Å². The zero-order valence-electron chi connectivity index (χ0n) is 20.5. The van der Waals surface area contributed by atoms with Crippen LogP contribution in [0.25, 0.3) is 22.3 Å². The zero-order valence-corrected chi connectivity index (χ0v) is 20.5. The summed E-state index contributed by atoms with van der Waals surface area (Å²) >= 11 is 0. The van der Waals surface area contributed by atoms with Gasteiger partial charge in [-0.05, 0) is 81.4 Å². The van der Waals surface area contributed by atoms with Gasteiger partial charge in [-0.2, -0.15) is 0 Å². The second kappa shape index (κ2) is 8.57. The average Bonchev–Trinajstić information content (AvgIpc) is 2.81. The van der Waals surface area contributed by atoms with E-state index in [0.717, 1.165) is 37.0 Å². The lowest BCUT2D eigenvalue weighted by molar-refractivity contribution is -0.118. The number of carbonyl (C=O) groups excluding carboxylic acids is 1. The third-order valence-corrected chi connectivity index (χ3v) is 7.98. The Bertz CT molecular complexity index is 1370. The van der Waals surface area contributed by atoms with Crippen molar-refractivity contribution in [1.29, 1.82) is 0 Å². The topological polar surface area (TPSA) is 95.2 Å². The molecule has 4 saturated carbocycles. The normalized spacial score (nSPS) is 26.2. The Morgan fingerprint density at radius 3 is 2.36 bits per heavy atom. The maximum Gasteiger partial charge on any atom is 0.197 e. The molecule has 0 radical (unpaired) electrons. The van der Waals surface area contributed by atoms with E-state index < -0.39 is 0 Å². The van der Waals surface area contributed by atoms with Gasteiger partial charge in [-0.15, -0.1) is 0 Å². The third-order valence-electron chi connectivity index (χ3n) is 7.98. The van der Waals surface area contributed by atoms with Crippen LogP contribution in [0.4, 0.5) is 0 Å². The second-order valence-electron chi connectivity index (χ2n) is 10.8. The number of aromatic hydroxyl groups is 1. The quantitative estimate of drug-likeness (QED) is 0.468. The van der Waals surface area contributed by atoms with Gasteiger partial charge in [0.05, 0.1) is 7.11 Å². The van der Waals surface area contributed by atoms with Crippen molar-refractivity contribution in [1.82, 2.24) is 0 Å². The van der Waals surface area contributed by atoms with Gasteiger partial charge in [0.1, 0.15) is 40.4 Å². The van der Waals surface area contributed by atoms with E-state index in [1.807, 2.05) is 18.2 Å². The summed E-state index contributed by atoms with van der Waals surface area (Å²) in [6.45, 7) is 1.27. The molecule has 4 bridgehead atoms. The van der Waals surface area contributed by atoms with E-state index in [2.05, 4.69) is 0 Å². The van der Waals surface area contributed by atoms with Gasteiger partial charge in [0.25, 0.3) is 0 Å². The molecule has 0 atom stereocenters. The number of phenols is 1. The number of hydrogen-bond acceptors (Lipinski definition) is 7. The molecule has 0 saturated heterocycles. The van der Waals surface area contributed by atoms with Gasteiger partial charge in [0.15, 0.2) is 22.7 Å². The summed E-state index contributed by atoms with van der Waals surface area (Å²) in [6, 6.07) is 9.72. The van der Waals surface area contributed by atoms with Crippen LogP contribution in [0.15, 0.2) is 45.6 Å². The number of benzene rings is 2. The highest BCUT2D eigenvalue weighted by Gasteiger charge is 2.52. The predicted octanol–water partition coefficient (Wildman–Crippen LogP) is 5.49. The van der Waals surface area contributed by atoms with Gasteiger partial charge < -0.3 is 23.7 Å². The Morgan fingerprint density at radius 1 is 1.03 bits per heavy atom. The molecule has 1 heterocycles. The highest BCUT2D eigenvalue weighted by molar-refractivity contribution is 5.86. The monoisotopic (exact) mass is 490 g/mol. The first kappa shape index (κ1) is 23.0. The average molecular weight is 491 g/mol. The number of ether oxygens (including phenoxy) is 3. The van der Waals surface area contributed by atoms with Crippen LogP contribution < -0.4 is 19.6 Å². The molecule has 1 N–H and O–H groups in total. The summed E-state index contributed by atoms with van der Waals surface area (Å²) in [4.78, 5) is 24.2. The number of hydrogen-bond donors (Lipinski definition) is 1. The van der Waals surface area contributed by atoms with E-state index in [0.29, 0.717) is 22.8 Å². The number of phenolic OH excluding ortho intramolecular Hbond substituents is 1. The third kappa shape index (κ3) is 4.10. The van der Waals surface area contributed by atoms with Crippen LogP contribution in [0.5, 0.6) is 23.0 Å². The standard InChI is InChI=1S/C29H30O7/c1-16(30)15-34-21-9-22(31)28-23(32)11-25(35-27(28)10-21)20-3-4-24(33-2)26(8-20)36-29-12-17-5-18(13-29)7-19(6-17)14-29/h3-4,8-11,17-19,31H,5-7,12-15H2,1-2H3. The molecular formula is C29H30O7. The Morgan fingerprint density at radius 2 is 1.72 bits per heavy atom. The number of ketones is 1. The fourth-order valence-corrected chi connectivity index (χ4v) is 6.95. The molecule has 4 fully saturated rings. The first-order valence-corrected chi connectivity index (χ1v) is 12.6. The van der Waals surface area contributed by atoms with Crippen LogP contribution in [-0.4, -0.2) is 30.2 Å². The summed E-state index contributed by atoms with van der Waals surface area (Å²) in [5.41, 5.74) is 0.320. The Hall–Kier alpha value is -3.48. The summed E-state index contributed by atoms with van der Waals surface area (Å²) in [7, 11) is 1.63. The van der Waals surface area contributed by atoms with Crippen LogP contribution >= 0.6 is 0 Å². The first-order valence-electron chi connectivity index (χ1n) is 12.6. The first-order chi connectivity index (χ1) is 17.3. The number of Topliss-reactive ketones (excluding diaryl/α,β-unsaturated/α-hetero) is 1. The van der Waals surface area contributed by atoms with E-state index in [4.69, 9.17) is 18.6 Å². The molecular weight excluding hydrogens is 460 g/mol. The highest BCUT2D eigenvalue weighted by atomic mass is 16.5. The second-order valence-corrected chi connectivity index (χ2v) is 10.8. The van der Waals surface area contributed by atoms with E-state index in [1.54, 1.807) is 7.11 Å². The van der Waals surface area contributed by atoms with Crippen LogP contribution in [0, 0.1) is 17.8 Å². The molecule has 36 heavy (non-hydrogen) atoms. The summed E-state index contributed by atoms with van der Waals surface area (Å²) in [6.07, 6.45) is 7.23. The van der Waals surface area contributed by atoms with Gasteiger partial charge in [0, 0.05) is 23.8 Å². The van der Waals surface area contributed by atoms with Gasteiger partial charge in [0.2, 0.25) is 0 Å². The summed E-state index contributed by atoms with van der Waals surface area (Å²) in [5.74, 6) is 3.71. The molecule has 0 amide bonds. The lowest BCUT2D eigenvalue weighted by atomic mass is 9.54. The molecule has 7 heteroatoms. The van der Waals surface area contributed by atoms with Crippen molar-refractivity contribution in [3.05, 3.63) is 46.6 Å². The van der Waals surface area contributed by atoms with Gasteiger partial charge in [-0.25, -0.2) is 0 Å². The number of fused-ring (bicyclic) bond motifs is 1. The number of methoxy groups -OCH3 is 1. The minimum atomic E-state index is -0.374. The van der Waals surface area contributed by atoms with Crippen molar-refractivity contribution in [3.63, 3.8) is 0 Å². The summed E-state index contributed by atoms with van der Waals surface area (Å²) < 4.78 is 23.9. The molecule has 0 unspecified atom stereocenters. The zero-order chi connectivity index (χ0) is 25.0. The van der Waals surface area contributed by atoms with Gasteiger partial charge in [-0.3, -0.25) is 9.59 Å². The molecule has 7 nitrogen and oxygen atoms in total. The van der Waals surface area contributed by atoms with E-state index in [1.165, 1.54) is 44.4 Å². The van der Waals surface area contributed by atoms with Gasteiger partial charge >= 0.3 is 0 Å². The Labute approximate surface area is 209 Å². The largest absolute Gasteiger partial charge is 0.507 e. The van der Waals surface area contributed by atoms with Crippen LogP contribution in [0.2, 0.25) is 0 Å². The minimum absolute atomic E-state index is 0.0625. The SMILES string of the molecule is COc1ccc(-c2cc(=O)c3c(O)cc(OCC(C)=O)cc3o2)cc1OC12CC3CC(CC(C3)C1)C2. The Balaban J connectivity index is 1.37. The van der Waals surface area contributed by atoms with Crippen molar-refractivity contribution in [2.24, 2.45) is 17.8 Å². The highest BCUT2D eigenvalue weighted by Crippen LogP contribution is 2.57. The molecule has 188 valence electrons. The maximum atomic E-state index is 12.9. The number of carbonyl (C=O) groups is 1. The molecule has 3 aromatic rings. The lowest BCUT2D eigenvalue weighted by Gasteiger charge is -2.56. The molecule has 1 aromatic heterocycles. The minimum Gasteiger partial charge on any atom is -0.507 e. The number of rotatable bonds is 7. The molecule has 7 rings (SSSR count). The van der Waals surface area contributed by atoms with Crippen molar-refractivity contribution in [2.75, 3.05) is 13.7 Å². The summed E-state index contributed by atoms with van der Waals surface area (Å²) in [5, 5.41) is 10.5. The lowest BCUT2D eigenvalue weighted by Crippen LogP contribution is -2.53. The predicted molar refractivity (Wildman–Crippen MR) is 134 cm³/mol. The van der Waals surface area contributed by atoms with E-state index in [9.17, 15) is 14.7 Å². The van der Waals surface area contributed by atoms with Crippen molar-refractivity contribution >= 4 is 16.8 Å². The van der Waals surface area contributed by atoms with E-state index in [-0.39, 0.29) is 45.9 Å². The van der Waals surface area contributed by atoms with Crippen LogP contribution in [0.3, 0.4) is 0 Å². The van der Waals surface area contributed by atoms with Crippen LogP contribution in [0.1, 0.15) is 45.4 Å². The smallest absolute Gasteiger partial charge is 0.197 e. The molecule has 0 spiro atoms. The van der Waals surface area contributed by atoms with Gasteiger partial charge in [-0.1, -0.05) is 0 Å².